The molecule has 0 amide bonds. The Balaban J connectivity index is 2.03. The van der Waals surface area contributed by atoms with Crippen LogP contribution in [0.15, 0.2) is 24.3 Å². The quantitative estimate of drug-likeness (QED) is 0.742. The first-order valence-corrected chi connectivity index (χ1v) is 6.63. The van der Waals surface area contributed by atoms with Gasteiger partial charge in [-0.1, -0.05) is 13.3 Å². The average Bonchev–Trinajstić information content (AvgIpc) is 2.64. The van der Waals surface area contributed by atoms with E-state index in [1.165, 1.54) is 31.4 Å². The predicted octanol–water partition coefficient (Wildman–Crippen LogP) is 3.52. The van der Waals surface area contributed by atoms with Crippen molar-refractivity contribution < 1.29 is 4.79 Å². The molecule has 1 aliphatic heterocycles. The Morgan fingerprint density at radius 3 is 2.65 bits per heavy atom. The first kappa shape index (κ1) is 12.2. The fraction of sp³-hybridized carbons (Fsp3) is 0.533. The zero-order chi connectivity index (χ0) is 12.1. The molecular formula is C15H21NO. The highest BCUT2D eigenvalue weighted by molar-refractivity contribution is 5.75. The van der Waals surface area contributed by atoms with Crippen LogP contribution in [0.3, 0.4) is 0 Å². The number of hydrogen-bond acceptors (Lipinski definition) is 2. The highest BCUT2D eigenvalue weighted by atomic mass is 16.1. The van der Waals surface area contributed by atoms with Crippen LogP contribution >= 0.6 is 0 Å². The number of aldehydes is 1. The normalized spacial score (nSPS) is 21.0. The smallest absolute Gasteiger partial charge is 0.150 e. The van der Waals surface area contributed by atoms with E-state index in [0.717, 1.165) is 30.9 Å². The Labute approximate surface area is 104 Å². The lowest BCUT2D eigenvalue weighted by atomic mass is 9.98. The van der Waals surface area contributed by atoms with E-state index in [1.807, 2.05) is 12.1 Å². The predicted molar refractivity (Wildman–Crippen MR) is 71.7 cm³/mol. The van der Waals surface area contributed by atoms with Crippen LogP contribution in [0.1, 0.15) is 43.0 Å². The van der Waals surface area contributed by atoms with E-state index in [2.05, 4.69) is 24.0 Å². The van der Waals surface area contributed by atoms with Gasteiger partial charge in [0.1, 0.15) is 6.29 Å². The maximum Gasteiger partial charge on any atom is 0.150 e. The molecule has 1 fully saturated rings. The molecule has 1 aromatic rings. The van der Waals surface area contributed by atoms with E-state index in [9.17, 15) is 4.79 Å². The molecule has 2 rings (SSSR count). The summed E-state index contributed by atoms with van der Waals surface area (Å²) >= 11 is 0. The zero-order valence-corrected chi connectivity index (χ0v) is 10.6. The van der Waals surface area contributed by atoms with Crippen molar-refractivity contribution in [2.24, 2.45) is 5.92 Å². The molecule has 92 valence electrons. The molecule has 0 N–H and O–H groups in total. The number of nitrogens with zero attached hydrogens (tertiary/aromatic N) is 1. The van der Waals surface area contributed by atoms with Crippen LogP contribution < -0.4 is 4.90 Å². The number of hydrogen-bond donors (Lipinski definition) is 0. The van der Waals surface area contributed by atoms with E-state index in [4.69, 9.17) is 0 Å². The molecule has 2 nitrogen and oxygen atoms in total. The van der Waals surface area contributed by atoms with Gasteiger partial charge in [0.25, 0.3) is 0 Å². The van der Waals surface area contributed by atoms with Crippen molar-refractivity contribution in [1.82, 2.24) is 0 Å². The van der Waals surface area contributed by atoms with Crippen LogP contribution in [0.2, 0.25) is 0 Å². The number of benzene rings is 1. The monoisotopic (exact) mass is 231 g/mol. The van der Waals surface area contributed by atoms with Crippen LogP contribution in [0.4, 0.5) is 5.69 Å². The SMILES string of the molecule is CCC1CCCN(c2ccc(C=O)cc2)CC1. The Bertz CT molecular complexity index is 358. The van der Waals surface area contributed by atoms with E-state index in [-0.39, 0.29) is 0 Å². The molecule has 17 heavy (non-hydrogen) atoms. The molecule has 2 heteroatoms. The topological polar surface area (TPSA) is 20.3 Å². The van der Waals surface area contributed by atoms with Crippen molar-refractivity contribution in [3.05, 3.63) is 29.8 Å². The lowest BCUT2D eigenvalue weighted by Gasteiger charge is -2.22. The number of rotatable bonds is 3. The summed E-state index contributed by atoms with van der Waals surface area (Å²) in [6.07, 6.45) is 6.15. The van der Waals surface area contributed by atoms with Crippen LogP contribution in [0, 0.1) is 5.92 Å². The summed E-state index contributed by atoms with van der Waals surface area (Å²) in [5.41, 5.74) is 2.02. The Kier molecular flexibility index (Phi) is 4.18. The summed E-state index contributed by atoms with van der Waals surface area (Å²) in [5, 5.41) is 0. The van der Waals surface area contributed by atoms with Gasteiger partial charge in [0, 0.05) is 24.3 Å². The maximum absolute atomic E-state index is 10.6. The van der Waals surface area contributed by atoms with Crippen LogP contribution in [0.5, 0.6) is 0 Å². The standard InChI is InChI=1S/C15H21NO/c1-2-13-4-3-10-16(11-9-13)15-7-5-14(12-17)6-8-15/h5-8,12-13H,2-4,9-11H2,1H3. The second-order valence-corrected chi connectivity index (χ2v) is 4.90. The zero-order valence-electron chi connectivity index (χ0n) is 10.6. The fourth-order valence-corrected chi connectivity index (χ4v) is 2.60. The van der Waals surface area contributed by atoms with E-state index in [1.54, 1.807) is 0 Å². The summed E-state index contributed by atoms with van der Waals surface area (Å²) in [6, 6.07) is 7.95. The molecule has 1 atom stereocenters. The van der Waals surface area contributed by atoms with Gasteiger partial charge in [0.2, 0.25) is 0 Å². The molecule has 0 saturated carbocycles. The molecule has 0 radical (unpaired) electrons. The molecule has 1 saturated heterocycles. The van der Waals surface area contributed by atoms with E-state index < -0.39 is 0 Å². The summed E-state index contributed by atoms with van der Waals surface area (Å²) in [4.78, 5) is 13.1. The van der Waals surface area contributed by atoms with Crippen molar-refractivity contribution in [2.75, 3.05) is 18.0 Å². The molecule has 0 spiro atoms. The van der Waals surface area contributed by atoms with Gasteiger partial charge in [-0.3, -0.25) is 4.79 Å². The largest absolute Gasteiger partial charge is 0.372 e. The number of anilines is 1. The Morgan fingerprint density at radius 1 is 1.24 bits per heavy atom. The third kappa shape index (κ3) is 3.09. The average molecular weight is 231 g/mol. The molecule has 1 unspecified atom stereocenters. The van der Waals surface area contributed by atoms with Crippen LogP contribution in [-0.4, -0.2) is 19.4 Å². The summed E-state index contributed by atoms with van der Waals surface area (Å²) in [7, 11) is 0. The summed E-state index contributed by atoms with van der Waals surface area (Å²) in [5.74, 6) is 0.897. The lowest BCUT2D eigenvalue weighted by Crippen LogP contribution is -2.24. The Hall–Kier alpha value is -1.31. The Morgan fingerprint density at radius 2 is 2.00 bits per heavy atom. The molecular weight excluding hydrogens is 210 g/mol. The first-order chi connectivity index (χ1) is 8.33. The fourth-order valence-electron chi connectivity index (χ4n) is 2.60. The second-order valence-electron chi connectivity index (χ2n) is 4.90. The highest BCUT2D eigenvalue weighted by Crippen LogP contribution is 2.24. The lowest BCUT2D eigenvalue weighted by molar-refractivity contribution is 0.112. The summed E-state index contributed by atoms with van der Waals surface area (Å²) < 4.78 is 0. The first-order valence-electron chi connectivity index (χ1n) is 6.63. The van der Waals surface area contributed by atoms with Gasteiger partial charge in [-0.2, -0.15) is 0 Å². The summed E-state index contributed by atoms with van der Waals surface area (Å²) in [6.45, 7) is 4.59. The van der Waals surface area contributed by atoms with Crippen molar-refractivity contribution in [1.29, 1.82) is 0 Å². The minimum Gasteiger partial charge on any atom is -0.372 e. The molecule has 1 aromatic carbocycles. The third-order valence-corrected chi connectivity index (χ3v) is 3.82. The number of carbonyl (C=O) groups is 1. The van der Waals surface area contributed by atoms with Gasteiger partial charge in [0.15, 0.2) is 0 Å². The van der Waals surface area contributed by atoms with Crippen LogP contribution in [0.25, 0.3) is 0 Å². The van der Waals surface area contributed by atoms with Gasteiger partial charge in [0.05, 0.1) is 0 Å². The number of carbonyl (C=O) groups excluding carboxylic acids is 1. The van der Waals surface area contributed by atoms with Crippen molar-refractivity contribution >= 4 is 12.0 Å². The highest BCUT2D eigenvalue weighted by Gasteiger charge is 2.15. The molecule has 1 aliphatic rings. The second kappa shape index (κ2) is 5.85. The maximum atomic E-state index is 10.6. The van der Waals surface area contributed by atoms with Crippen molar-refractivity contribution in [2.45, 2.75) is 32.6 Å². The molecule has 0 aliphatic carbocycles. The molecule has 0 aromatic heterocycles. The van der Waals surface area contributed by atoms with Crippen molar-refractivity contribution in [3.8, 4) is 0 Å². The molecule has 0 bridgehead atoms. The van der Waals surface area contributed by atoms with Crippen molar-refractivity contribution in [3.63, 3.8) is 0 Å². The van der Waals surface area contributed by atoms with Gasteiger partial charge >= 0.3 is 0 Å². The van der Waals surface area contributed by atoms with E-state index >= 15 is 0 Å². The third-order valence-electron chi connectivity index (χ3n) is 3.82. The van der Waals surface area contributed by atoms with Gasteiger partial charge in [-0.05, 0) is 49.4 Å². The van der Waals surface area contributed by atoms with Gasteiger partial charge < -0.3 is 4.90 Å². The minimum atomic E-state index is 0.759. The van der Waals surface area contributed by atoms with Gasteiger partial charge in [-0.15, -0.1) is 0 Å². The van der Waals surface area contributed by atoms with Gasteiger partial charge in [-0.25, -0.2) is 0 Å². The van der Waals surface area contributed by atoms with Crippen LogP contribution in [-0.2, 0) is 0 Å². The van der Waals surface area contributed by atoms with E-state index in [0.29, 0.717) is 0 Å². The minimum absolute atomic E-state index is 0.759. The molecule has 1 heterocycles.